The summed E-state index contributed by atoms with van der Waals surface area (Å²) in [7, 11) is 0. The number of nitrogens with two attached hydrogens (primary N) is 1. The maximum absolute atomic E-state index is 6.26. The molecule has 0 atom stereocenters. The molecule has 0 radical (unpaired) electrons. The fraction of sp³-hybridized carbons (Fsp3) is 0.375. The average molecular weight is 271 g/mol. The lowest BCUT2D eigenvalue weighted by Gasteiger charge is -2.18. The molecule has 0 unspecified atom stereocenters. The number of nitrogen functional groups attached to an aromatic ring is 1. The van der Waals surface area contributed by atoms with Gasteiger partial charge in [0.25, 0.3) is 0 Å². The van der Waals surface area contributed by atoms with Gasteiger partial charge in [0.1, 0.15) is 5.75 Å². The Labute approximate surface area is 120 Å². The number of hydrogen-bond donors (Lipinski definition) is 1. The van der Waals surface area contributed by atoms with Gasteiger partial charge in [0.2, 0.25) is 5.88 Å². The first-order valence-corrected chi connectivity index (χ1v) is 6.86. The van der Waals surface area contributed by atoms with Gasteiger partial charge in [-0.2, -0.15) is 0 Å². The Morgan fingerprint density at radius 2 is 1.60 bits per heavy atom. The minimum Gasteiger partial charge on any atom is -0.437 e. The third-order valence-electron chi connectivity index (χ3n) is 3.22. The summed E-state index contributed by atoms with van der Waals surface area (Å²) >= 11 is 0. The molecule has 0 saturated heterocycles. The molecular formula is C16H21N3O. The lowest BCUT2D eigenvalue weighted by molar-refractivity contribution is 0.458. The predicted octanol–water partition coefficient (Wildman–Crippen LogP) is 4.10. The van der Waals surface area contributed by atoms with E-state index in [2.05, 4.69) is 37.7 Å². The van der Waals surface area contributed by atoms with Crippen LogP contribution in [0.15, 0.2) is 30.7 Å². The summed E-state index contributed by atoms with van der Waals surface area (Å²) in [5, 5.41) is 0. The lowest BCUT2D eigenvalue weighted by Crippen LogP contribution is -2.04. The van der Waals surface area contributed by atoms with Gasteiger partial charge in [-0.3, -0.25) is 4.98 Å². The molecule has 0 bridgehead atoms. The summed E-state index contributed by atoms with van der Waals surface area (Å²) in [6.45, 7) is 8.51. The number of anilines is 1. The number of hydrogen-bond acceptors (Lipinski definition) is 4. The van der Waals surface area contributed by atoms with Crippen molar-refractivity contribution in [2.45, 2.75) is 39.5 Å². The third kappa shape index (κ3) is 3.07. The predicted molar refractivity (Wildman–Crippen MR) is 81.1 cm³/mol. The number of aromatic nitrogens is 2. The smallest absolute Gasteiger partial charge is 0.237 e. The quantitative estimate of drug-likeness (QED) is 0.850. The highest BCUT2D eigenvalue weighted by Crippen LogP contribution is 2.35. The van der Waals surface area contributed by atoms with Gasteiger partial charge in [0, 0.05) is 18.1 Å². The zero-order valence-electron chi connectivity index (χ0n) is 12.4. The molecule has 4 heteroatoms. The van der Waals surface area contributed by atoms with E-state index in [1.165, 1.54) is 0 Å². The van der Waals surface area contributed by atoms with Crippen LogP contribution in [0.1, 0.15) is 50.7 Å². The molecule has 1 heterocycles. The Kier molecular flexibility index (Phi) is 4.23. The Morgan fingerprint density at radius 3 is 2.05 bits per heavy atom. The average Bonchev–Trinajstić information content (AvgIpc) is 2.41. The second-order valence-electron chi connectivity index (χ2n) is 5.47. The fourth-order valence-electron chi connectivity index (χ4n) is 2.14. The number of benzene rings is 1. The van der Waals surface area contributed by atoms with E-state index < -0.39 is 0 Å². The molecule has 0 fully saturated rings. The standard InChI is InChI=1S/C16H21N3O/c1-10(2)13-7-12(8-14(11(3)4)16(13)17)20-15-9-18-5-6-19-15/h5-11H,17H2,1-4H3. The Morgan fingerprint density at radius 1 is 1.00 bits per heavy atom. The highest BCUT2D eigenvalue weighted by atomic mass is 16.5. The second-order valence-corrected chi connectivity index (χ2v) is 5.47. The van der Waals surface area contributed by atoms with E-state index in [1.807, 2.05) is 12.1 Å². The summed E-state index contributed by atoms with van der Waals surface area (Å²) < 4.78 is 5.79. The van der Waals surface area contributed by atoms with Crippen molar-refractivity contribution in [1.29, 1.82) is 0 Å². The Hall–Kier alpha value is -2.10. The van der Waals surface area contributed by atoms with E-state index in [-0.39, 0.29) is 0 Å². The van der Waals surface area contributed by atoms with Crippen LogP contribution in [0.25, 0.3) is 0 Å². The minimum absolute atomic E-state index is 0.345. The molecule has 0 aliphatic rings. The Balaban J connectivity index is 2.43. The highest BCUT2D eigenvalue weighted by molar-refractivity contribution is 5.60. The van der Waals surface area contributed by atoms with Crippen LogP contribution in [0.4, 0.5) is 5.69 Å². The fourth-order valence-corrected chi connectivity index (χ4v) is 2.14. The van der Waals surface area contributed by atoms with Crippen LogP contribution >= 0.6 is 0 Å². The van der Waals surface area contributed by atoms with Crippen molar-refractivity contribution in [1.82, 2.24) is 9.97 Å². The largest absolute Gasteiger partial charge is 0.437 e. The van der Waals surface area contributed by atoms with Crippen molar-refractivity contribution < 1.29 is 4.74 Å². The molecule has 2 rings (SSSR count). The topological polar surface area (TPSA) is 61.0 Å². The van der Waals surface area contributed by atoms with Gasteiger partial charge in [-0.1, -0.05) is 27.7 Å². The molecular weight excluding hydrogens is 250 g/mol. The summed E-state index contributed by atoms with van der Waals surface area (Å²) in [5.74, 6) is 1.93. The number of nitrogens with zero attached hydrogens (tertiary/aromatic N) is 2. The zero-order chi connectivity index (χ0) is 14.7. The molecule has 20 heavy (non-hydrogen) atoms. The van der Waals surface area contributed by atoms with Crippen LogP contribution in [0.5, 0.6) is 11.6 Å². The zero-order valence-corrected chi connectivity index (χ0v) is 12.4. The van der Waals surface area contributed by atoms with Crippen molar-refractivity contribution in [3.63, 3.8) is 0 Å². The number of ether oxygens (including phenoxy) is 1. The molecule has 2 aromatic rings. The van der Waals surface area contributed by atoms with E-state index in [1.54, 1.807) is 18.6 Å². The van der Waals surface area contributed by atoms with Crippen LogP contribution in [-0.2, 0) is 0 Å². The first-order valence-electron chi connectivity index (χ1n) is 6.86. The molecule has 1 aromatic heterocycles. The maximum Gasteiger partial charge on any atom is 0.237 e. The van der Waals surface area contributed by atoms with Gasteiger partial charge >= 0.3 is 0 Å². The normalized spacial score (nSPS) is 11.1. The summed E-state index contributed by atoms with van der Waals surface area (Å²) in [6.07, 6.45) is 4.83. The molecule has 106 valence electrons. The Bertz CT molecular complexity index is 551. The monoisotopic (exact) mass is 271 g/mol. The van der Waals surface area contributed by atoms with Gasteiger partial charge < -0.3 is 10.5 Å². The van der Waals surface area contributed by atoms with E-state index in [0.717, 1.165) is 22.6 Å². The second kappa shape index (κ2) is 5.90. The van der Waals surface area contributed by atoms with Crippen molar-refractivity contribution in [2.24, 2.45) is 0 Å². The first kappa shape index (κ1) is 14.3. The van der Waals surface area contributed by atoms with Crippen molar-refractivity contribution in [3.05, 3.63) is 41.9 Å². The molecule has 1 aromatic carbocycles. The van der Waals surface area contributed by atoms with Gasteiger partial charge in [0.05, 0.1) is 6.20 Å². The highest BCUT2D eigenvalue weighted by Gasteiger charge is 2.14. The van der Waals surface area contributed by atoms with E-state index in [0.29, 0.717) is 17.7 Å². The minimum atomic E-state index is 0.345. The van der Waals surface area contributed by atoms with Crippen molar-refractivity contribution >= 4 is 5.69 Å². The molecule has 0 saturated carbocycles. The molecule has 0 aliphatic carbocycles. The van der Waals surface area contributed by atoms with Gasteiger partial charge in [-0.25, -0.2) is 4.98 Å². The molecule has 0 spiro atoms. The van der Waals surface area contributed by atoms with Crippen LogP contribution < -0.4 is 10.5 Å². The summed E-state index contributed by atoms with van der Waals surface area (Å²) in [5.41, 5.74) is 9.34. The van der Waals surface area contributed by atoms with Crippen LogP contribution in [0.2, 0.25) is 0 Å². The van der Waals surface area contributed by atoms with E-state index >= 15 is 0 Å². The molecule has 2 N–H and O–H groups in total. The van der Waals surface area contributed by atoms with Crippen LogP contribution in [-0.4, -0.2) is 9.97 Å². The lowest BCUT2D eigenvalue weighted by atomic mass is 9.92. The molecule has 4 nitrogen and oxygen atoms in total. The van der Waals surface area contributed by atoms with Gasteiger partial charge in [0.15, 0.2) is 0 Å². The van der Waals surface area contributed by atoms with Crippen molar-refractivity contribution in [2.75, 3.05) is 5.73 Å². The summed E-state index contributed by atoms with van der Waals surface area (Å²) in [6, 6.07) is 3.97. The van der Waals surface area contributed by atoms with E-state index in [9.17, 15) is 0 Å². The van der Waals surface area contributed by atoms with Crippen molar-refractivity contribution in [3.8, 4) is 11.6 Å². The van der Waals surface area contributed by atoms with E-state index in [4.69, 9.17) is 10.5 Å². The van der Waals surface area contributed by atoms with Gasteiger partial charge in [-0.15, -0.1) is 0 Å². The summed E-state index contributed by atoms with van der Waals surface area (Å²) in [4.78, 5) is 8.13. The molecule has 0 amide bonds. The van der Waals surface area contributed by atoms with Gasteiger partial charge in [-0.05, 0) is 35.1 Å². The number of rotatable bonds is 4. The third-order valence-corrected chi connectivity index (χ3v) is 3.22. The van der Waals surface area contributed by atoms with Crippen LogP contribution in [0.3, 0.4) is 0 Å². The first-order chi connectivity index (χ1) is 9.49. The van der Waals surface area contributed by atoms with Crippen LogP contribution in [0, 0.1) is 0 Å². The molecule has 0 aliphatic heterocycles. The SMILES string of the molecule is CC(C)c1cc(Oc2cnccn2)cc(C(C)C)c1N. The maximum atomic E-state index is 6.26.